The van der Waals surface area contributed by atoms with E-state index >= 15 is 0 Å². The Morgan fingerprint density at radius 3 is 2.27 bits per heavy atom. The van der Waals surface area contributed by atoms with E-state index in [1.165, 1.54) is 7.11 Å². The van der Waals surface area contributed by atoms with Crippen molar-refractivity contribution in [2.75, 3.05) is 7.11 Å². The van der Waals surface area contributed by atoms with Crippen molar-refractivity contribution >= 4 is 40.8 Å². The highest BCUT2D eigenvalue weighted by molar-refractivity contribution is 6.68. The number of esters is 1. The predicted molar refractivity (Wildman–Crippen MR) is 64.6 cm³/mol. The van der Waals surface area contributed by atoms with Gasteiger partial charge < -0.3 is 4.74 Å². The Bertz CT molecular complexity index is 190. The van der Waals surface area contributed by atoms with Gasteiger partial charge in [0.1, 0.15) is 5.92 Å². The molecule has 0 aromatic carbocycles. The summed E-state index contributed by atoms with van der Waals surface area (Å²) in [6, 6.07) is 0. The quantitative estimate of drug-likeness (QED) is 0.414. The van der Waals surface area contributed by atoms with E-state index in [0.717, 1.165) is 25.7 Å². The Hall–Kier alpha value is 0.340. The number of ether oxygens (including phenoxy) is 1. The van der Waals surface area contributed by atoms with Crippen LogP contribution in [0.2, 0.25) is 0 Å². The summed E-state index contributed by atoms with van der Waals surface area (Å²) in [6.45, 7) is 2.12. The lowest BCUT2D eigenvalue weighted by atomic mass is 10.0. The molecule has 5 heteroatoms. The summed E-state index contributed by atoms with van der Waals surface area (Å²) < 4.78 is 3.03. The van der Waals surface area contributed by atoms with Gasteiger partial charge in [0.05, 0.1) is 7.11 Å². The van der Waals surface area contributed by atoms with Crippen LogP contribution in [0.5, 0.6) is 0 Å². The summed E-state index contributed by atoms with van der Waals surface area (Å²) in [7, 11) is 1.30. The Morgan fingerprint density at radius 1 is 1.27 bits per heavy atom. The van der Waals surface area contributed by atoms with Crippen molar-refractivity contribution in [3.05, 3.63) is 0 Å². The summed E-state index contributed by atoms with van der Waals surface area (Å²) in [5.74, 6) is -1.11. The fourth-order valence-electron chi connectivity index (χ4n) is 1.33. The minimum absolute atomic E-state index is 0.452. The lowest BCUT2D eigenvalue weighted by Gasteiger charge is -2.21. The second-order valence-corrected chi connectivity index (χ2v) is 5.84. The first-order chi connectivity index (χ1) is 6.93. The molecule has 0 aliphatic rings. The van der Waals surface area contributed by atoms with Gasteiger partial charge in [-0.15, -0.1) is 0 Å². The second-order valence-electron chi connectivity index (χ2n) is 3.47. The third-order valence-corrected chi connectivity index (χ3v) is 3.02. The third kappa shape index (κ3) is 6.49. The molecule has 0 aromatic heterocycles. The number of methoxy groups -OCH3 is 1. The molecule has 0 aromatic rings. The normalized spacial score (nSPS) is 13.7. The van der Waals surface area contributed by atoms with Crippen LogP contribution in [0.4, 0.5) is 0 Å². The van der Waals surface area contributed by atoms with Crippen LogP contribution in [-0.2, 0) is 9.53 Å². The van der Waals surface area contributed by atoms with Gasteiger partial charge in [0.2, 0.25) is 3.79 Å². The molecule has 0 bridgehead atoms. The van der Waals surface area contributed by atoms with Crippen LogP contribution in [0, 0.1) is 5.92 Å². The van der Waals surface area contributed by atoms with Crippen molar-refractivity contribution in [2.24, 2.45) is 5.92 Å². The molecule has 1 unspecified atom stereocenters. The molecule has 15 heavy (non-hydrogen) atoms. The van der Waals surface area contributed by atoms with Crippen LogP contribution in [0.15, 0.2) is 0 Å². The van der Waals surface area contributed by atoms with Crippen LogP contribution in [0.1, 0.15) is 39.0 Å². The first-order valence-electron chi connectivity index (χ1n) is 5.08. The number of hydrogen-bond acceptors (Lipinski definition) is 2. The molecule has 0 fully saturated rings. The van der Waals surface area contributed by atoms with Gasteiger partial charge in [0, 0.05) is 0 Å². The molecule has 0 aliphatic heterocycles. The third-order valence-electron chi connectivity index (χ3n) is 2.23. The highest BCUT2D eigenvalue weighted by Crippen LogP contribution is 2.38. The van der Waals surface area contributed by atoms with E-state index < -0.39 is 15.7 Å². The number of carbonyl (C=O) groups is 1. The van der Waals surface area contributed by atoms with Crippen LogP contribution < -0.4 is 0 Å². The zero-order chi connectivity index (χ0) is 11.9. The van der Waals surface area contributed by atoms with Gasteiger partial charge >= 0.3 is 5.97 Å². The number of rotatable bonds is 6. The summed E-state index contributed by atoms with van der Waals surface area (Å²) in [5.41, 5.74) is 0. The number of carbonyl (C=O) groups excluding carboxylic acids is 1. The molecule has 2 nitrogen and oxygen atoms in total. The average molecular weight is 276 g/mol. The van der Waals surface area contributed by atoms with Crippen molar-refractivity contribution in [2.45, 2.75) is 42.8 Å². The number of halogens is 3. The van der Waals surface area contributed by atoms with E-state index in [1.807, 2.05) is 0 Å². The Kier molecular flexibility index (Phi) is 7.76. The summed E-state index contributed by atoms with van der Waals surface area (Å²) in [4.78, 5) is 11.3. The van der Waals surface area contributed by atoms with Crippen molar-refractivity contribution in [1.29, 1.82) is 0 Å². The fourth-order valence-corrected chi connectivity index (χ4v) is 1.93. The molecular weight excluding hydrogens is 258 g/mol. The number of alkyl halides is 3. The van der Waals surface area contributed by atoms with Gasteiger partial charge in [0.25, 0.3) is 0 Å². The van der Waals surface area contributed by atoms with Crippen molar-refractivity contribution in [3.63, 3.8) is 0 Å². The molecule has 0 radical (unpaired) electrons. The number of unbranched alkanes of at least 4 members (excludes halogenated alkanes) is 3. The molecule has 1 atom stereocenters. The Balaban J connectivity index is 4.09. The zero-order valence-electron chi connectivity index (χ0n) is 9.06. The molecule has 0 saturated heterocycles. The maximum Gasteiger partial charge on any atom is 0.313 e. The highest BCUT2D eigenvalue weighted by atomic mass is 35.6. The molecular formula is C10H17Cl3O2. The second kappa shape index (κ2) is 7.59. The lowest BCUT2D eigenvalue weighted by molar-refractivity contribution is -0.145. The van der Waals surface area contributed by atoms with E-state index in [2.05, 4.69) is 11.7 Å². The van der Waals surface area contributed by atoms with Crippen LogP contribution in [-0.4, -0.2) is 16.9 Å². The summed E-state index contributed by atoms with van der Waals surface area (Å²) in [6.07, 6.45) is 4.75. The van der Waals surface area contributed by atoms with Crippen LogP contribution in [0.25, 0.3) is 0 Å². The monoisotopic (exact) mass is 274 g/mol. The van der Waals surface area contributed by atoms with Crippen LogP contribution >= 0.6 is 34.8 Å². The smallest absolute Gasteiger partial charge is 0.313 e. The topological polar surface area (TPSA) is 26.3 Å². The fraction of sp³-hybridized carbons (Fsp3) is 0.900. The lowest BCUT2D eigenvalue weighted by Crippen LogP contribution is -2.29. The van der Waals surface area contributed by atoms with Crippen molar-refractivity contribution < 1.29 is 9.53 Å². The molecule has 0 heterocycles. The van der Waals surface area contributed by atoms with Gasteiger partial charge in [-0.25, -0.2) is 0 Å². The largest absolute Gasteiger partial charge is 0.469 e. The standard InChI is InChI=1S/C10H17Cl3O2/c1-3-4-5-6-7-8(9(14)15-2)10(11,12)13/h8H,3-7H2,1-2H3. The van der Waals surface area contributed by atoms with E-state index in [0.29, 0.717) is 6.42 Å². The first-order valence-corrected chi connectivity index (χ1v) is 6.21. The average Bonchev–Trinajstić information content (AvgIpc) is 2.15. The van der Waals surface area contributed by atoms with Gasteiger partial charge in [-0.3, -0.25) is 4.79 Å². The Morgan fingerprint density at radius 2 is 1.87 bits per heavy atom. The maximum absolute atomic E-state index is 11.3. The molecule has 0 N–H and O–H groups in total. The SMILES string of the molecule is CCCCCCC(C(=O)OC)C(Cl)(Cl)Cl. The van der Waals surface area contributed by atoms with E-state index in [4.69, 9.17) is 34.8 Å². The van der Waals surface area contributed by atoms with Crippen molar-refractivity contribution in [3.8, 4) is 0 Å². The van der Waals surface area contributed by atoms with Gasteiger partial charge in [-0.2, -0.15) is 0 Å². The predicted octanol–water partition coefficient (Wildman–Crippen LogP) is 4.12. The van der Waals surface area contributed by atoms with Crippen molar-refractivity contribution in [1.82, 2.24) is 0 Å². The minimum Gasteiger partial charge on any atom is -0.469 e. The van der Waals surface area contributed by atoms with Crippen LogP contribution in [0.3, 0.4) is 0 Å². The number of hydrogen-bond donors (Lipinski definition) is 0. The summed E-state index contributed by atoms with van der Waals surface area (Å²) in [5, 5.41) is 0. The molecule has 0 rings (SSSR count). The van der Waals surface area contributed by atoms with E-state index in [-0.39, 0.29) is 0 Å². The van der Waals surface area contributed by atoms with Gasteiger partial charge in [0.15, 0.2) is 0 Å². The molecule has 0 amide bonds. The van der Waals surface area contributed by atoms with E-state index in [1.54, 1.807) is 0 Å². The molecule has 0 spiro atoms. The van der Waals surface area contributed by atoms with Gasteiger partial charge in [-0.05, 0) is 6.42 Å². The van der Waals surface area contributed by atoms with Gasteiger partial charge in [-0.1, -0.05) is 67.4 Å². The molecule has 90 valence electrons. The molecule has 0 aliphatic carbocycles. The zero-order valence-corrected chi connectivity index (χ0v) is 11.3. The summed E-state index contributed by atoms with van der Waals surface area (Å²) >= 11 is 17.1. The minimum atomic E-state index is -1.57. The highest BCUT2D eigenvalue weighted by Gasteiger charge is 2.38. The molecule has 0 saturated carbocycles. The maximum atomic E-state index is 11.3. The van der Waals surface area contributed by atoms with E-state index in [9.17, 15) is 4.79 Å². The Labute approximate surface area is 106 Å². The first kappa shape index (κ1) is 15.3.